The van der Waals surface area contributed by atoms with Crippen molar-refractivity contribution in [2.45, 2.75) is 52.7 Å². The van der Waals surface area contributed by atoms with E-state index in [4.69, 9.17) is 4.74 Å². The van der Waals surface area contributed by atoms with Crippen LogP contribution in [-0.2, 0) is 4.74 Å². The minimum Gasteiger partial charge on any atom is -0.444 e. The highest BCUT2D eigenvalue weighted by atomic mass is 16.6. The Morgan fingerprint density at radius 2 is 1.91 bits per heavy atom. The van der Waals surface area contributed by atoms with E-state index in [-0.39, 0.29) is 17.6 Å². The minimum atomic E-state index is -0.513. The molecule has 8 nitrogen and oxygen atoms in total. The molecule has 1 rings (SSSR count). The number of carbonyl (C=O) groups excluding carboxylic acids is 2. The number of alkyl carbamates (subject to hydrolysis) is 1. The molecule has 0 bridgehead atoms. The molecule has 0 unspecified atom stereocenters. The molecule has 0 atom stereocenters. The lowest BCUT2D eigenvalue weighted by Gasteiger charge is -2.19. The molecule has 0 aromatic carbocycles. The van der Waals surface area contributed by atoms with Crippen molar-refractivity contribution in [2.24, 2.45) is 0 Å². The van der Waals surface area contributed by atoms with E-state index in [9.17, 15) is 9.59 Å². The average Bonchev–Trinajstić information content (AvgIpc) is 2.85. The lowest BCUT2D eigenvalue weighted by Crippen LogP contribution is -2.34. The second kappa shape index (κ2) is 7.77. The van der Waals surface area contributed by atoms with Gasteiger partial charge in [-0.3, -0.25) is 4.79 Å². The third-order valence-corrected chi connectivity index (χ3v) is 2.58. The third-order valence-electron chi connectivity index (χ3n) is 2.58. The molecule has 2 amide bonds. The van der Waals surface area contributed by atoms with E-state index in [0.29, 0.717) is 19.5 Å². The number of ether oxygens (including phenoxy) is 1. The van der Waals surface area contributed by atoms with Gasteiger partial charge in [0, 0.05) is 19.1 Å². The maximum absolute atomic E-state index is 11.8. The minimum absolute atomic E-state index is 0.159. The van der Waals surface area contributed by atoms with E-state index >= 15 is 0 Å². The molecule has 22 heavy (non-hydrogen) atoms. The quantitative estimate of drug-likeness (QED) is 0.776. The van der Waals surface area contributed by atoms with Gasteiger partial charge in [0.2, 0.25) is 0 Å². The number of aromatic nitrogens is 3. The van der Waals surface area contributed by atoms with Crippen LogP contribution < -0.4 is 10.6 Å². The first-order valence-corrected chi connectivity index (χ1v) is 7.36. The number of carbonyl (C=O) groups is 2. The van der Waals surface area contributed by atoms with Crippen LogP contribution in [0.4, 0.5) is 4.79 Å². The van der Waals surface area contributed by atoms with Crippen LogP contribution in [0.25, 0.3) is 0 Å². The second-order valence-corrected chi connectivity index (χ2v) is 6.22. The monoisotopic (exact) mass is 311 g/mol. The lowest BCUT2D eigenvalue weighted by molar-refractivity contribution is 0.0527. The molecule has 0 spiro atoms. The Kier molecular flexibility index (Phi) is 6.33. The molecular weight excluding hydrogens is 286 g/mol. The summed E-state index contributed by atoms with van der Waals surface area (Å²) in [6.07, 6.45) is 1.75. The SMILES string of the molecule is CC(C)n1cc(C(=O)NCCCNC(=O)OC(C)(C)C)nn1. The molecule has 0 saturated heterocycles. The fourth-order valence-corrected chi connectivity index (χ4v) is 1.52. The van der Waals surface area contributed by atoms with E-state index in [1.54, 1.807) is 31.6 Å². The number of amides is 2. The van der Waals surface area contributed by atoms with E-state index in [0.717, 1.165) is 0 Å². The van der Waals surface area contributed by atoms with Crippen molar-refractivity contribution >= 4 is 12.0 Å². The summed E-state index contributed by atoms with van der Waals surface area (Å²) < 4.78 is 6.73. The highest BCUT2D eigenvalue weighted by molar-refractivity contribution is 5.91. The number of nitrogens with zero attached hydrogens (tertiary/aromatic N) is 3. The van der Waals surface area contributed by atoms with Gasteiger partial charge in [-0.05, 0) is 41.0 Å². The predicted octanol–water partition coefficient (Wildman–Crippen LogP) is 1.50. The van der Waals surface area contributed by atoms with Gasteiger partial charge in [-0.25, -0.2) is 9.48 Å². The molecule has 0 radical (unpaired) electrons. The molecule has 2 N–H and O–H groups in total. The average molecular weight is 311 g/mol. The van der Waals surface area contributed by atoms with Crippen LogP contribution >= 0.6 is 0 Å². The van der Waals surface area contributed by atoms with Crippen molar-refractivity contribution in [2.75, 3.05) is 13.1 Å². The van der Waals surface area contributed by atoms with Crippen LogP contribution in [0, 0.1) is 0 Å². The number of hydrogen-bond acceptors (Lipinski definition) is 5. The van der Waals surface area contributed by atoms with Gasteiger partial charge in [0.05, 0.1) is 6.20 Å². The molecule has 124 valence electrons. The summed E-state index contributed by atoms with van der Waals surface area (Å²) in [7, 11) is 0. The molecule has 0 aliphatic carbocycles. The Morgan fingerprint density at radius 1 is 1.27 bits per heavy atom. The maximum atomic E-state index is 11.8. The maximum Gasteiger partial charge on any atom is 0.407 e. The van der Waals surface area contributed by atoms with E-state index in [1.165, 1.54) is 0 Å². The van der Waals surface area contributed by atoms with Gasteiger partial charge >= 0.3 is 6.09 Å². The van der Waals surface area contributed by atoms with Crippen LogP contribution in [0.5, 0.6) is 0 Å². The number of hydrogen-bond donors (Lipinski definition) is 2. The van der Waals surface area contributed by atoms with Crippen molar-refractivity contribution < 1.29 is 14.3 Å². The van der Waals surface area contributed by atoms with Gasteiger partial charge in [-0.1, -0.05) is 5.21 Å². The van der Waals surface area contributed by atoms with Gasteiger partial charge in [0.25, 0.3) is 5.91 Å². The molecule has 0 aliphatic heterocycles. The topological polar surface area (TPSA) is 98.1 Å². The van der Waals surface area contributed by atoms with E-state index in [1.807, 2.05) is 13.8 Å². The summed E-state index contributed by atoms with van der Waals surface area (Å²) in [4.78, 5) is 23.2. The van der Waals surface area contributed by atoms with Crippen LogP contribution in [0.3, 0.4) is 0 Å². The zero-order chi connectivity index (χ0) is 16.8. The first-order chi connectivity index (χ1) is 10.2. The predicted molar refractivity (Wildman–Crippen MR) is 81.6 cm³/mol. The third kappa shape index (κ3) is 6.55. The van der Waals surface area contributed by atoms with Gasteiger partial charge in [-0.15, -0.1) is 5.10 Å². The van der Waals surface area contributed by atoms with Crippen molar-refractivity contribution in [3.63, 3.8) is 0 Å². The molecule has 1 aromatic heterocycles. The first-order valence-electron chi connectivity index (χ1n) is 7.36. The van der Waals surface area contributed by atoms with Crippen LogP contribution in [-0.4, -0.2) is 45.7 Å². The highest BCUT2D eigenvalue weighted by Crippen LogP contribution is 2.06. The zero-order valence-corrected chi connectivity index (χ0v) is 13.8. The van der Waals surface area contributed by atoms with E-state index < -0.39 is 11.7 Å². The Morgan fingerprint density at radius 3 is 2.45 bits per heavy atom. The van der Waals surface area contributed by atoms with Gasteiger partial charge in [-0.2, -0.15) is 0 Å². The number of rotatable bonds is 6. The Balaban J connectivity index is 2.21. The van der Waals surface area contributed by atoms with Crippen molar-refractivity contribution in [1.29, 1.82) is 0 Å². The van der Waals surface area contributed by atoms with Crippen molar-refractivity contribution in [3.8, 4) is 0 Å². The normalized spacial score (nSPS) is 11.4. The Labute approximate surface area is 130 Å². The summed E-state index contributed by atoms with van der Waals surface area (Å²) in [6.45, 7) is 10.2. The Bertz CT molecular complexity index is 505. The summed E-state index contributed by atoms with van der Waals surface area (Å²) in [5, 5.41) is 13.0. The second-order valence-electron chi connectivity index (χ2n) is 6.22. The van der Waals surface area contributed by atoms with Gasteiger partial charge < -0.3 is 15.4 Å². The van der Waals surface area contributed by atoms with Crippen molar-refractivity contribution in [1.82, 2.24) is 25.6 Å². The summed E-state index contributed by atoms with van der Waals surface area (Å²) in [5.41, 5.74) is -0.227. The molecule has 0 saturated carbocycles. The standard InChI is InChI=1S/C14H25N5O3/c1-10(2)19-9-11(17-18-19)12(20)15-7-6-8-16-13(21)22-14(3,4)5/h9-10H,6-8H2,1-5H3,(H,15,20)(H,16,21). The van der Waals surface area contributed by atoms with E-state index in [2.05, 4.69) is 20.9 Å². The van der Waals surface area contributed by atoms with Crippen LogP contribution in [0.15, 0.2) is 6.20 Å². The van der Waals surface area contributed by atoms with Crippen molar-refractivity contribution in [3.05, 3.63) is 11.9 Å². The van der Waals surface area contributed by atoms with Gasteiger partial charge in [0.1, 0.15) is 5.60 Å². The fourth-order valence-electron chi connectivity index (χ4n) is 1.52. The molecule has 0 aliphatic rings. The molecule has 1 aromatic rings. The molecule has 0 fully saturated rings. The smallest absolute Gasteiger partial charge is 0.407 e. The fraction of sp³-hybridized carbons (Fsp3) is 0.714. The zero-order valence-electron chi connectivity index (χ0n) is 13.8. The first kappa shape index (κ1) is 17.9. The van der Waals surface area contributed by atoms with Gasteiger partial charge in [0.15, 0.2) is 5.69 Å². The summed E-state index contributed by atoms with van der Waals surface area (Å²) in [6, 6.07) is 0.159. The lowest BCUT2D eigenvalue weighted by atomic mass is 10.2. The summed E-state index contributed by atoms with van der Waals surface area (Å²) >= 11 is 0. The van der Waals surface area contributed by atoms with Crippen LogP contribution in [0.1, 0.15) is 57.6 Å². The number of nitrogens with one attached hydrogen (secondary N) is 2. The molecule has 1 heterocycles. The summed E-state index contributed by atoms with van der Waals surface area (Å²) in [5.74, 6) is -0.274. The molecular formula is C14H25N5O3. The molecule has 8 heteroatoms. The largest absolute Gasteiger partial charge is 0.444 e. The van der Waals surface area contributed by atoms with Crippen LogP contribution in [0.2, 0.25) is 0 Å². The Hall–Kier alpha value is -2.12. The highest BCUT2D eigenvalue weighted by Gasteiger charge is 2.15.